The molecule has 5 heteroatoms. The highest BCUT2D eigenvalue weighted by atomic mass is 16.3. The number of hydrogen-bond donors (Lipinski definition) is 4. The summed E-state index contributed by atoms with van der Waals surface area (Å²) >= 11 is 0. The molecule has 0 spiro atoms. The fraction of sp³-hybridized carbons (Fsp3) is 0.983. The van der Waals surface area contributed by atoms with E-state index in [0.29, 0.717) is 12.8 Å². The molecule has 0 aliphatic carbocycles. The van der Waals surface area contributed by atoms with Crippen LogP contribution in [-0.4, -0.2) is 46.1 Å². The normalized spacial score (nSPS) is 13.1. The van der Waals surface area contributed by atoms with E-state index >= 15 is 0 Å². The van der Waals surface area contributed by atoms with E-state index in [9.17, 15) is 20.1 Å². The van der Waals surface area contributed by atoms with Crippen LogP contribution in [0.4, 0.5) is 0 Å². The number of nitrogens with one attached hydrogen (secondary N) is 1. The molecule has 0 aliphatic heterocycles. The maximum Gasteiger partial charge on any atom is 0.220 e. The Morgan fingerprint density at radius 2 is 0.531 bits per heavy atom. The first-order valence-corrected chi connectivity index (χ1v) is 29.8. The van der Waals surface area contributed by atoms with Gasteiger partial charge in [-0.15, -0.1) is 0 Å². The van der Waals surface area contributed by atoms with E-state index in [1.54, 1.807) is 0 Å². The molecule has 0 aromatic carbocycles. The highest BCUT2D eigenvalue weighted by molar-refractivity contribution is 5.76. The largest absolute Gasteiger partial charge is 0.394 e. The molecular weight excluding hydrogens is 787 g/mol. The zero-order valence-electron chi connectivity index (χ0n) is 44.0. The Morgan fingerprint density at radius 1 is 0.328 bits per heavy atom. The minimum absolute atomic E-state index is 0.135. The summed E-state index contributed by atoms with van der Waals surface area (Å²) in [6.45, 7) is 4.23. The van der Waals surface area contributed by atoms with Crippen LogP contribution in [0.25, 0.3) is 0 Å². The van der Waals surface area contributed by atoms with Crippen LogP contribution in [0.2, 0.25) is 0 Å². The monoisotopic (exact) mass is 906 g/mol. The van der Waals surface area contributed by atoms with E-state index in [2.05, 4.69) is 19.2 Å². The molecule has 0 saturated carbocycles. The molecule has 0 radical (unpaired) electrons. The van der Waals surface area contributed by atoms with E-state index in [1.165, 1.54) is 289 Å². The van der Waals surface area contributed by atoms with Crippen molar-refractivity contribution in [2.75, 3.05) is 6.61 Å². The topological polar surface area (TPSA) is 89.8 Å². The van der Waals surface area contributed by atoms with Gasteiger partial charge in [0.1, 0.15) is 6.10 Å². The first-order valence-electron chi connectivity index (χ1n) is 29.8. The van der Waals surface area contributed by atoms with E-state index in [4.69, 9.17) is 0 Å². The molecule has 0 bridgehead atoms. The Hall–Kier alpha value is -0.650. The lowest BCUT2D eigenvalue weighted by molar-refractivity contribution is -0.124. The number of hydrogen-bond acceptors (Lipinski definition) is 4. The lowest BCUT2D eigenvalue weighted by Gasteiger charge is -2.26. The van der Waals surface area contributed by atoms with E-state index in [-0.39, 0.29) is 12.5 Å². The average Bonchev–Trinajstić information content (AvgIpc) is 3.30. The molecule has 384 valence electrons. The Kier molecular flexibility index (Phi) is 54.4. The molecular formula is C59H119NO4. The molecule has 1 amide bonds. The van der Waals surface area contributed by atoms with E-state index in [0.717, 1.165) is 32.1 Å². The summed E-state index contributed by atoms with van der Waals surface area (Å²) in [6.07, 6.45) is 67.0. The van der Waals surface area contributed by atoms with Gasteiger partial charge in [-0.05, 0) is 12.8 Å². The van der Waals surface area contributed by atoms with Crippen molar-refractivity contribution in [3.63, 3.8) is 0 Å². The molecule has 4 N–H and O–H groups in total. The lowest BCUT2D eigenvalue weighted by Crippen LogP contribution is -2.50. The van der Waals surface area contributed by atoms with Gasteiger partial charge in [-0.25, -0.2) is 0 Å². The van der Waals surface area contributed by atoms with Crippen LogP contribution < -0.4 is 5.32 Å². The lowest BCUT2D eigenvalue weighted by atomic mass is 9.99. The number of amides is 1. The SMILES string of the molecule is CCCCCCCCCCCCCCCCCCCCCCCCCCCCCCCCCC(=O)NC(CO)C(O)C(O)CCCCCCCCCCCCCCCCCCCCC. The van der Waals surface area contributed by atoms with Crippen LogP contribution in [0.3, 0.4) is 0 Å². The van der Waals surface area contributed by atoms with Gasteiger partial charge in [-0.2, -0.15) is 0 Å². The van der Waals surface area contributed by atoms with Gasteiger partial charge >= 0.3 is 0 Å². The molecule has 0 aromatic rings. The van der Waals surface area contributed by atoms with Crippen molar-refractivity contribution >= 4 is 5.91 Å². The summed E-state index contributed by atoms with van der Waals surface area (Å²) in [5.41, 5.74) is 0. The quantitative estimate of drug-likeness (QED) is 0.0458. The van der Waals surface area contributed by atoms with Crippen LogP contribution in [0.1, 0.15) is 348 Å². The third-order valence-corrected chi connectivity index (χ3v) is 14.5. The van der Waals surface area contributed by atoms with Crippen LogP contribution >= 0.6 is 0 Å². The third kappa shape index (κ3) is 49.3. The Morgan fingerprint density at radius 3 is 0.750 bits per heavy atom. The number of unbranched alkanes of at least 4 members (excludes halogenated alkanes) is 48. The molecule has 0 rings (SSSR count). The first kappa shape index (κ1) is 63.4. The third-order valence-electron chi connectivity index (χ3n) is 14.5. The Balaban J connectivity index is 3.45. The second-order valence-corrected chi connectivity index (χ2v) is 20.9. The van der Waals surface area contributed by atoms with Crippen molar-refractivity contribution in [1.29, 1.82) is 0 Å². The summed E-state index contributed by atoms with van der Waals surface area (Å²) in [7, 11) is 0. The number of aliphatic hydroxyl groups is 3. The van der Waals surface area contributed by atoms with Crippen molar-refractivity contribution in [1.82, 2.24) is 5.32 Å². The minimum Gasteiger partial charge on any atom is -0.394 e. The van der Waals surface area contributed by atoms with Crippen LogP contribution in [-0.2, 0) is 4.79 Å². The summed E-state index contributed by atoms with van der Waals surface area (Å²) in [5, 5.41) is 33.8. The summed E-state index contributed by atoms with van der Waals surface area (Å²) in [4.78, 5) is 12.5. The minimum atomic E-state index is -1.13. The van der Waals surface area contributed by atoms with Crippen molar-refractivity contribution in [2.45, 2.75) is 366 Å². The zero-order chi connectivity index (χ0) is 46.5. The van der Waals surface area contributed by atoms with Gasteiger partial charge in [-0.1, -0.05) is 328 Å². The zero-order valence-corrected chi connectivity index (χ0v) is 44.0. The van der Waals surface area contributed by atoms with Crippen molar-refractivity contribution in [2.24, 2.45) is 0 Å². The van der Waals surface area contributed by atoms with Crippen molar-refractivity contribution in [3.05, 3.63) is 0 Å². The van der Waals surface area contributed by atoms with Gasteiger partial charge in [0.15, 0.2) is 0 Å². The van der Waals surface area contributed by atoms with Crippen molar-refractivity contribution in [3.8, 4) is 0 Å². The number of carbonyl (C=O) groups is 1. The fourth-order valence-electron chi connectivity index (χ4n) is 9.87. The molecule has 0 saturated heterocycles. The highest BCUT2D eigenvalue weighted by Gasteiger charge is 2.26. The van der Waals surface area contributed by atoms with Crippen molar-refractivity contribution < 1.29 is 20.1 Å². The van der Waals surface area contributed by atoms with Gasteiger partial charge in [0, 0.05) is 6.42 Å². The maximum atomic E-state index is 12.5. The Bertz CT molecular complexity index is 868. The van der Waals surface area contributed by atoms with Gasteiger partial charge in [-0.3, -0.25) is 4.79 Å². The molecule has 3 atom stereocenters. The molecule has 0 fully saturated rings. The maximum absolute atomic E-state index is 12.5. The number of rotatable bonds is 56. The van der Waals surface area contributed by atoms with Gasteiger partial charge in [0.05, 0.1) is 18.8 Å². The fourth-order valence-corrected chi connectivity index (χ4v) is 9.87. The summed E-state index contributed by atoms with van der Waals surface area (Å²) in [6, 6.07) is -0.804. The van der Waals surface area contributed by atoms with E-state index < -0.39 is 18.2 Å². The number of aliphatic hydroxyl groups excluding tert-OH is 3. The van der Waals surface area contributed by atoms with E-state index in [1.807, 2.05) is 0 Å². The second kappa shape index (κ2) is 55.0. The number of carbonyl (C=O) groups excluding carboxylic acids is 1. The highest BCUT2D eigenvalue weighted by Crippen LogP contribution is 2.19. The Labute approximate surface area is 402 Å². The summed E-state index contributed by atoms with van der Waals surface area (Å²) in [5.74, 6) is -0.135. The van der Waals surface area contributed by atoms with Crippen LogP contribution in [0, 0.1) is 0 Å². The average molecular weight is 907 g/mol. The van der Waals surface area contributed by atoms with Gasteiger partial charge < -0.3 is 20.6 Å². The molecule has 64 heavy (non-hydrogen) atoms. The van der Waals surface area contributed by atoms with Crippen LogP contribution in [0.15, 0.2) is 0 Å². The molecule has 5 nitrogen and oxygen atoms in total. The standard InChI is InChI=1S/C59H119NO4/c1-3-5-7-9-11-13-15-17-19-21-23-24-25-26-27-28-29-30-31-32-33-34-36-38-40-42-44-46-48-50-52-54-58(63)60-56(55-61)59(64)57(62)53-51-49-47-45-43-41-39-37-35-22-20-18-16-14-12-10-8-6-4-2/h56-57,59,61-62,64H,3-55H2,1-2H3,(H,60,63). The van der Waals surface area contributed by atoms with Gasteiger partial charge in [0.25, 0.3) is 0 Å². The second-order valence-electron chi connectivity index (χ2n) is 20.9. The van der Waals surface area contributed by atoms with Gasteiger partial charge in [0.2, 0.25) is 5.91 Å². The molecule has 0 aliphatic rings. The predicted molar refractivity (Wildman–Crippen MR) is 282 cm³/mol. The first-order chi connectivity index (χ1) is 31.6. The summed E-state index contributed by atoms with van der Waals surface area (Å²) < 4.78 is 0. The molecule has 3 unspecified atom stereocenters. The van der Waals surface area contributed by atoms with Crippen LogP contribution in [0.5, 0.6) is 0 Å². The molecule has 0 aromatic heterocycles. The molecule has 0 heterocycles. The predicted octanol–water partition coefficient (Wildman–Crippen LogP) is 18.5. The smallest absolute Gasteiger partial charge is 0.220 e.